The molecule has 1 aliphatic rings. The first kappa shape index (κ1) is 15.7. The van der Waals surface area contributed by atoms with Crippen molar-refractivity contribution in [1.29, 1.82) is 0 Å². The SMILES string of the molecule is O=C(NC[C@@H](O)COc1ccc(F)cc1)[C@H]1COCCN1. The van der Waals surface area contributed by atoms with Gasteiger partial charge in [-0.3, -0.25) is 4.79 Å². The first-order chi connectivity index (χ1) is 10.1. The van der Waals surface area contributed by atoms with Gasteiger partial charge in [0.25, 0.3) is 0 Å². The third kappa shape index (κ3) is 5.30. The summed E-state index contributed by atoms with van der Waals surface area (Å²) in [6.45, 7) is 1.65. The third-order valence-corrected chi connectivity index (χ3v) is 3.01. The van der Waals surface area contributed by atoms with Gasteiger partial charge < -0.3 is 25.2 Å². The van der Waals surface area contributed by atoms with Crippen LogP contribution in [0.3, 0.4) is 0 Å². The fraction of sp³-hybridized carbons (Fsp3) is 0.500. The van der Waals surface area contributed by atoms with E-state index in [9.17, 15) is 14.3 Å². The number of aliphatic hydroxyl groups excluding tert-OH is 1. The molecule has 1 saturated heterocycles. The third-order valence-electron chi connectivity index (χ3n) is 3.01. The van der Waals surface area contributed by atoms with Crippen LogP contribution in [0.25, 0.3) is 0 Å². The summed E-state index contributed by atoms with van der Waals surface area (Å²) in [7, 11) is 0. The number of ether oxygens (including phenoxy) is 2. The highest BCUT2D eigenvalue weighted by atomic mass is 19.1. The number of morpholine rings is 1. The maximum absolute atomic E-state index is 12.7. The number of rotatable bonds is 6. The number of halogens is 1. The number of aliphatic hydroxyl groups is 1. The zero-order chi connectivity index (χ0) is 15.1. The Labute approximate surface area is 122 Å². The molecule has 1 aromatic rings. The van der Waals surface area contributed by atoms with Gasteiger partial charge in [-0.25, -0.2) is 4.39 Å². The Hall–Kier alpha value is -1.70. The molecule has 2 atom stereocenters. The summed E-state index contributed by atoms with van der Waals surface area (Å²) in [4.78, 5) is 11.8. The van der Waals surface area contributed by atoms with Crippen LogP contribution in [0.5, 0.6) is 5.75 Å². The fourth-order valence-electron chi connectivity index (χ4n) is 1.86. The van der Waals surface area contributed by atoms with E-state index in [0.29, 0.717) is 25.5 Å². The van der Waals surface area contributed by atoms with Gasteiger partial charge >= 0.3 is 0 Å². The Bertz CT molecular complexity index is 449. The number of carbonyl (C=O) groups excluding carboxylic acids is 1. The summed E-state index contributed by atoms with van der Waals surface area (Å²) >= 11 is 0. The van der Waals surface area contributed by atoms with Crippen LogP contribution >= 0.6 is 0 Å². The first-order valence-corrected chi connectivity index (χ1v) is 6.80. The fourth-order valence-corrected chi connectivity index (χ4v) is 1.86. The summed E-state index contributed by atoms with van der Waals surface area (Å²) in [5.41, 5.74) is 0. The van der Waals surface area contributed by atoms with Crippen molar-refractivity contribution in [3.63, 3.8) is 0 Å². The van der Waals surface area contributed by atoms with E-state index in [-0.39, 0.29) is 30.9 Å². The largest absolute Gasteiger partial charge is 0.491 e. The Morgan fingerprint density at radius 1 is 1.52 bits per heavy atom. The molecule has 1 aliphatic heterocycles. The highest BCUT2D eigenvalue weighted by molar-refractivity contribution is 5.82. The van der Waals surface area contributed by atoms with E-state index in [4.69, 9.17) is 9.47 Å². The molecule has 1 heterocycles. The van der Waals surface area contributed by atoms with Crippen LogP contribution < -0.4 is 15.4 Å². The van der Waals surface area contributed by atoms with Crippen molar-refractivity contribution in [3.05, 3.63) is 30.1 Å². The van der Waals surface area contributed by atoms with Crippen molar-refractivity contribution >= 4 is 5.91 Å². The minimum absolute atomic E-state index is 0.0144. The van der Waals surface area contributed by atoms with E-state index < -0.39 is 6.10 Å². The molecule has 1 fully saturated rings. The van der Waals surface area contributed by atoms with Crippen LogP contribution in [0.1, 0.15) is 0 Å². The second-order valence-electron chi connectivity index (χ2n) is 4.75. The lowest BCUT2D eigenvalue weighted by Gasteiger charge is -2.23. The van der Waals surface area contributed by atoms with Crippen LogP contribution in [0, 0.1) is 5.82 Å². The average Bonchev–Trinajstić information content (AvgIpc) is 2.53. The standard InChI is InChI=1S/C14H19FN2O4/c15-10-1-3-12(4-2-10)21-8-11(18)7-17-14(19)13-9-20-6-5-16-13/h1-4,11,13,16,18H,5-9H2,(H,17,19)/t11-,13-/m1/s1. The van der Waals surface area contributed by atoms with Gasteiger partial charge in [-0.05, 0) is 24.3 Å². The van der Waals surface area contributed by atoms with Crippen molar-refractivity contribution < 1.29 is 23.8 Å². The normalized spacial score (nSPS) is 19.8. The smallest absolute Gasteiger partial charge is 0.239 e. The zero-order valence-electron chi connectivity index (χ0n) is 11.5. The number of hydrogen-bond acceptors (Lipinski definition) is 5. The van der Waals surface area contributed by atoms with Gasteiger partial charge in [0, 0.05) is 13.1 Å². The van der Waals surface area contributed by atoms with Crippen LogP contribution in [-0.2, 0) is 9.53 Å². The molecule has 0 saturated carbocycles. The molecule has 7 heteroatoms. The van der Waals surface area contributed by atoms with Gasteiger partial charge in [0.15, 0.2) is 0 Å². The predicted molar refractivity (Wildman–Crippen MR) is 73.5 cm³/mol. The molecule has 1 amide bonds. The molecule has 1 aromatic carbocycles. The molecule has 0 aromatic heterocycles. The minimum Gasteiger partial charge on any atom is -0.491 e. The van der Waals surface area contributed by atoms with Crippen molar-refractivity contribution in [2.75, 3.05) is 32.9 Å². The molecule has 6 nitrogen and oxygen atoms in total. The van der Waals surface area contributed by atoms with E-state index in [0.717, 1.165) is 0 Å². The van der Waals surface area contributed by atoms with E-state index >= 15 is 0 Å². The molecule has 116 valence electrons. The Morgan fingerprint density at radius 3 is 2.95 bits per heavy atom. The van der Waals surface area contributed by atoms with Crippen LogP contribution in [0.15, 0.2) is 24.3 Å². The van der Waals surface area contributed by atoms with Gasteiger partial charge in [-0.1, -0.05) is 0 Å². The summed E-state index contributed by atoms with van der Waals surface area (Å²) < 4.78 is 23.2. The minimum atomic E-state index is -0.844. The predicted octanol–water partition coefficient (Wildman–Crippen LogP) is -0.330. The number of nitrogens with one attached hydrogen (secondary N) is 2. The first-order valence-electron chi connectivity index (χ1n) is 6.80. The van der Waals surface area contributed by atoms with Crippen LogP contribution in [-0.4, -0.2) is 56.1 Å². The summed E-state index contributed by atoms with van der Waals surface area (Å²) in [6, 6.07) is 5.12. The molecule has 3 N–H and O–H groups in total. The maximum atomic E-state index is 12.7. The van der Waals surface area contributed by atoms with Gasteiger partial charge in [0.05, 0.1) is 13.2 Å². The van der Waals surface area contributed by atoms with Crippen LogP contribution in [0.4, 0.5) is 4.39 Å². The molecular weight excluding hydrogens is 279 g/mol. The highest BCUT2D eigenvalue weighted by Gasteiger charge is 2.21. The molecule has 0 aliphatic carbocycles. The second-order valence-corrected chi connectivity index (χ2v) is 4.75. The number of hydrogen-bond donors (Lipinski definition) is 3. The molecule has 21 heavy (non-hydrogen) atoms. The van der Waals surface area contributed by atoms with Crippen LogP contribution in [0.2, 0.25) is 0 Å². The summed E-state index contributed by atoms with van der Waals surface area (Å²) in [6.07, 6.45) is -0.844. The lowest BCUT2D eigenvalue weighted by molar-refractivity contribution is -0.126. The summed E-state index contributed by atoms with van der Waals surface area (Å²) in [5.74, 6) is -0.1000. The van der Waals surface area contributed by atoms with Gasteiger partial charge in [0.1, 0.15) is 30.3 Å². The molecule has 2 rings (SSSR count). The Balaban J connectivity index is 1.65. The molecule has 0 unspecified atom stereocenters. The van der Waals surface area contributed by atoms with Gasteiger partial charge in [-0.2, -0.15) is 0 Å². The average molecular weight is 298 g/mol. The van der Waals surface area contributed by atoms with E-state index in [2.05, 4.69) is 10.6 Å². The lowest BCUT2D eigenvalue weighted by Crippen LogP contribution is -2.52. The Morgan fingerprint density at radius 2 is 2.29 bits per heavy atom. The second kappa shape index (κ2) is 7.92. The maximum Gasteiger partial charge on any atom is 0.239 e. The highest BCUT2D eigenvalue weighted by Crippen LogP contribution is 2.11. The topological polar surface area (TPSA) is 79.8 Å². The molecule has 0 bridgehead atoms. The number of benzene rings is 1. The molecule has 0 radical (unpaired) electrons. The number of carbonyl (C=O) groups is 1. The molecular formula is C14H19FN2O4. The summed E-state index contributed by atoms with van der Waals surface area (Å²) in [5, 5.41) is 15.4. The van der Waals surface area contributed by atoms with E-state index in [1.807, 2.05) is 0 Å². The van der Waals surface area contributed by atoms with Crippen molar-refractivity contribution in [2.24, 2.45) is 0 Å². The molecule has 0 spiro atoms. The quantitative estimate of drug-likeness (QED) is 0.670. The van der Waals surface area contributed by atoms with Gasteiger partial charge in [0.2, 0.25) is 5.91 Å². The van der Waals surface area contributed by atoms with Crippen molar-refractivity contribution in [1.82, 2.24) is 10.6 Å². The lowest BCUT2D eigenvalue weighted by atomic mass is 10.2. The Kier molecular flexibility index (Phi) is 5.91. The monoisotopic (exact) mass is 298 g/mol. The van der Waals surface area contributed by atoms with E-state index in [1.165, 1.54) is 24.3 Å². The zero-order valence-corrected chi connectivity index (χ0v) is 11.5. The van der Waals surface area contributed by atoms with Gasteiger partial charge in [-0.15, -0.1) is 0 Å². The van der Waals surface area contributed by atoms with Crippen molar-refractivity contribution in [3.8, 4) is 5.75 Å². The number of amides is 1. The van der Waals surface area contributed by atoms with Crippen molar-refractivity contribution in [2.45, 2.75) is 12.1 Å². The van der Waals surface area contributed by atoms with E-state index in [1.54, 1.807) is 0 Å².